The van der Waals surface area contributed by atoms with Crippen LogP contribution in [0.4, 0.5) is 0 Å². The van der Waals surface area contributed by atoms with Crippen LogP contribution in [0.25, 0.3) is 11.4 Å². The summed E-state index contributed by atoms with van der Waals surface area (Å²) < 4.78 is 2.25. The number of rotatable bonds is 3. The Morgan fingerprint density at radius 1 is 1.18 bits per heavy atom. The van der Waals surface area contributed by atoms with E-state index >= 15 is 0 Å². The van der Waals surface area contributed by atoms with Crippen LogP contribution in [0.5, 0.6) is 0 Å². The molecule has 4 heterocycles. The molecule has 0 aliphatic carbocycles. The highest BCUT2D eigenvalue weighted by Gasteiger charge is 2.24. The summed E-state index contributed by atoms with van der Waals surface area (Å²) in [5, 5.41) is 12.2. The highest BCUT2D eigenvalue weighted by molar-refractivity contribution is 5.53. The Morgan fingerprint density at radius 3 is 2.91 bits per heavy atom. The standard InChI is InChI=1S/C16H22N6/c1-2-14(10-18-5-1)16-20-19-15-12-21(8-9-22(15)16)11-13-3-6-17-7-4-13/h1-2,5,10,13,17H,3-4,6-9,11-12H2. The van der Waals surface area contributed by atoms with Crippen LogP contribution in [0.2, 0.25) is 0 Å². The van der Waals surface area contributed by atoms with E-state index in [0.717, 1.165) is 42.8 Å². The fourth-order valence-corrected chi connectivity index (χ4v) is 3.50. The SMILES string of the molecule is c1cncc(-c2nnc3n2CCN(CC2CCNCC2)C3)c1. The van der Waals surface area contributed by atoms with Gasteiger partial charge in [0.05, 0.1) is 6.54 Å². The summed E-state index contributed by atoms with van der Waals surface area (Å²) in [4.78, 5) is 6.72. The molecule has 6 nitrogen and oxygen atoms in total. The van der Waals surface area contributed by atoms with Crippen molar-refractivity contribution in [1.82, 2.24) is 30.0 Å². The van der Waals surface area contributed by atoms with Gasteiger partial charge in [-0.3, -0.25) is 9.88 Å². The van der Waals surface area contributed by atoms with E-state index in [-0.39, 0.29) is 0 Å². The Balaban J connectivity index is 1.47. The lowest BCUT2D eigenvalue weighted by atomic mass is 9.97. The summed E-state index contributed by atoms with van der Waals surface area (Å²) in [6, 6.07) is 3.99. The monoisotopic (exact) mass is 298 g/mol. The van der Waals surface area contributed by atoms with Gasteiger partial charge in [0, 0.05) is 37.6 Å². The summed E-state index contributed by atoms with van der Waals surface area (Å²) in [5.41, 5.74) is 1.05. The van der Waals surface area contributed by atoms with Gasteiger partial charge >= 0.3 is 0 Å². The Hall–Kier alpha value is -1.79. The minimum atomic E-state index is 0.827. The highest BCUT2D eigenvalue weighted by Crippen LogP contribution is 2.22. The third-order valence-corrected chi connectivity index (χ3v) is 4.73. The zero-order valence-electron chi connectivity index (χ0n) is 12.8. The van der Waals surface area contributed by atoms with Gasteiger partial charge in [0.2, 0.25) is 0 Å². The first-order chi connectivity index (χ1) is 10.9. The van der Waals surface area contributed by atoms with E-state index in [1.54, 1.807) is 6.20 Å². The number of fused-ring (bicyclic) bond motifs is 1. The van der Waals surface area contributed by atoms with Gasteiger partial charge in [-0.25, -0.2) is 0 Å². The molecule has 2 aliphatic rings. The van der Waals surface area contributed by atoms with Crippen LogP contribution in [0.15, 0.2) is 24.5 Å². The number of nitrogens with zero attached hydrogens (tertiary/aromatic N) is 5. The first-order valence-corrected chi connectivity index (χ1v) is 8.16. The largest absolute Gasteiger partial charge is 0.317 e. The zero-order chi connectivity index (χ0) is 14.8. The molecule has 4 rings (SSSR count). The minimum absolute atomic E-state index is 0.827. The predicted molar refractivity (Wildman–Crippen MR) is 84.1 cm³/mol. The Kier molecular flexibility index (Phi) is 3.86. The van der Waals surface area contributed by atoms with Crippen molar-refractivity contribution in [1.29, 1.82) is 0 Å². The maximum absolute atomic E-state index is 4.41. The van der Waals surface area contributed by atoms with Crippen molar-refractivity contribution < 1.29 is 0 Å². The second-order valence-electron chi connectivity index (χ2n) is 6.26. The van der Waals surface area contributed by atoms with Crippen LogP contribution in [0.1, 0.15) is 18.7 Å². The van der Waals surface area contributed by atoms with Gasteiger partial charge in [-0.15, -0.1) is 10.2 Å². The molecule has 2 aromatic heterocycles. The first kappa shape index (κ1) is 13.8. The molecule has 1 fully saturated rings. The van der Waals surface area contributed by atoms with Gasteiger partial charge in [0.25, 0.3) is 0 Å². The second-order valence-corrected chi connectivity index (χ2v) is 6.26. The summed E-state index contributed by atoms with van der Waals surface area (Å²) in [7, 11) is 0. The Morgan fingerprint density at radius 2 is 2.09 bits per heavy atom. The van der Waals surface area contributed by atoms with Crippen molar-refractivity contribution in [3.63, 3.8) is 0 Å². The van der Waals surface area contributed by atoms with Gasteiger partial charge in [0.15, 0.2) is 5.82 Å². The van der Waals surface area contributed by atoms with Crippen molar-refractivity contribution >= 4 is 0 Å². The van der Waals surface area contributed by atoms with Crippen LogP contribution in [-0.2, 0) is 13.1 Å². The minimum Gasteiger partial charge on any atom is -0.317 e. The number of aromatic nitrogens is 4. The quantitative estimate of drug-likeness (QED) is 0.921. The van der Waals surface area contributed by atoms with Gasteiger partial charge in [0.1, 0.15) is 5.82 Å². The second kappa shape index (κ2) is 6.14. The molecule has 2 aromatic rings. The zero-order valence-corrected chi connectivity index (χ0v) is 12.8. The smallest absolute Gasteiger partial charge is 0.165 e. The molecule has 0 bridgehead atoms. The van der Waals surface area contributed by atoms with Gasteiger partial charge < -0.3 is 9.88 Å². The number of hydrogen-bond acceptors (Lipinski definition) is 5. The van der Waals surface area contributed by atoms with E-state index in [4.69, 9.17) is 0 Å². The van der Waals surface area contributed by atoms with E-state index in [1.807, 2.05) is 18.3 Å². The lowest BCUT2D eigenvalue weighted by Crippen LogP contribution is -2.40. The summed E-state index contributed by atoms with van der Waals surface area (Å²) in [5.74, 6) is 2.86. The third kappa shape index (κ3) is 2.76. The van der Waals surface area contributed by atoms with Gasteiger partial charge in [-0.05, 0) is 44.0 Å². The molecule has 116 valence electrons. The average Bonchev–Trinajstić information content (AvgIpc) is 3.00. The fourth-order valence-electron chi connectivity index (χ4n) is 3.50. The van der Waals surface area contributed by atoms with Gasteiger partial charge in [-0.1, -0.05) is 0 Å². The van der Waals surface area contributed by atoms with Crippen molar-refractivity contribution in [3.05, 3.63) is 30.4 Å². The lowest BCUT2D eigenvalue weighted by Gasteiger charge is -2.32. The number of pyridine rings is 1. The summed E-state index contributed by atoms with van der Waals surface area (Å²) >= 11 is 0. The molecule has 0 aromatic carbocycles. The van der Waals surface area contributed by atoms with Crippen molar-refractivity contribution in [2.45, 2.75) is 25.9 Å². The number of hydrogen-bond donors (Lipinski definition) is 1. The van der Waals surface area contributed by atoms with E-state index in [9.17, 15) is 0 Å². The molecule has 1 saturated heterocycles. The van der Waals surface area contributed by atoms with Crippen LogP contribution in [0.3, 0.4) is 0 Å². The van der Waals surface area contributed by atoms with Crippen LogP contribution in [-0.4, -0.2) is 50.8 Å². The topological polar surface area (TPSA) is 58.9 Å². The molecule has 0 radical (unpaired) electrons. The predicted octanol–water partition coefficient (Wildman–Crippen LogP) is 1.16. The molecule has 0 spiro atoms. The van der Waals surface area contributed by atoms with E-state index < -0.39 is 0 Å². The van der Waals surface area contributed by atoms with Crippen LogP contribution >= 0.6 is 0 Å². The third-order valence-electron chi connectivity index (χ3n) is 4.73. The molecular formula is C16H22N6. The van der Waals surface area contributed by atoms with Crippen LogP contribution < -0.4 is 5.32 Å². The van der Waals surface area contributed by atoms with E-state index in [0.29, 0.717) is 0 Å². The lowest BCUT2D eigenvalue weighted by molar-refractivity contribution is 0.168. The number of piperidine rings is 1. The van der Waals surface area contributed by atoms with Crippen molar-refractivity contribution in [2.24, 2.45) is 5.92 Å². The van der Waals surface area contributed by atoms with E-state index in [2.05, 4.69) is 30.0 Å². The maximum atomic E-state index is 4.41. The summed E-state index contributed by atoms with van der Waals surface area (Å²) in [6.45, 7) is 6.49. The van der Waals surface area contributed by atoms with Gasteiger partial charge in [-0.2, -0.15) is 0 Å². The molecule has 0 saturated carbocycles. The highest BCUT2D eigenvalue weighted by atomic mass is 15.3. The first-order valence-electron chi connectivity index (χ1n) is 8.16. The van der Waals surface area contributed by atoms with Crippen molar-refractivity contribution in [2.75, 3.05) is 26.2 Å². The fraction of sp³-hybridized carbons (Fsp3) is 0.562. The normalized spacial score (nSPS) is 20.0. The molecule has 0 unspecified atom stereocenters. The van der Waals surface area contributed by atoms with Crippen molar-refractivity contribution in [3.8, 4) is 11.4 Å². The Bertz CT molecular complexity index is 617. The molecule has 22 heavy (non-hydrogen) atoms. The maximum Gasteiger partial charge on any atom is 0.165 e. The molecule has 6 heteroatoms. The number of nitrogens with one attached hydrogen (secondary N) is 1. The molecule has 1 N–H and O–H groups in total. The molecular weight excluding hydrogens is 276 g/mol. The molecule has 0 amide bonds. The van der Waals surface area contributed by atoms with Crippen LogP contribution in [0, 0.1) is 5.92 Å². The average molecular weight is 298 g/mol. The van der Waals surface area contributed by atoms with E-state index in [1.165, 1.54) is 32.5 Å². The Labute approximate surface area is 130 Å². The summed E-state index contributed by atoms with van der Waals surface area (Å²) in [6.07, 6.45) is 6.24. The molecule has 0 atom stereocenters. The molecule has 2 aliphatic heterocycles.